The van der Waals surface area contributed by atoms with Gasteiger partial charge in [0, 0.05) is 5.92 Å². The highest BCUT2D eigenvalue weighted by Crippen LogP contribution is 2.29. The fourth-order valence-corrected chi connectivity index (χ4v) is 1.28. The molecular formula is C11H12F3NO. The topological polar surface area (TPSA) is 43.1 Å². The standard InChI is InChI=1S/C11H12F3NO/c1-7(10(15)16)6-8-2-4-9(5-3-8)11(12,13)14/h2-5,7H,6H2,1H3,(H2,15,16). The van der Waals surface area contributed by atoms with Crippen LogP contribution in [-0.2, 0) is 17.4 Å². The van der Waals surface area contributed by atoms with Crippen molar-refractivity contribution in [1.82, 2.24) is 0 Å². The van der Waals surface area contributed by atoms with Gasteiger partial charge in [-0.2, -0.15) is 13.2 Å². The Labute approximate surface area is 91.3 Å². The summed E-state index contributed by atoms with van der Waals surface area (Å²) in [6, 6.07) is 4.73. The molecule has 2 N–H and O–H groups in total. The van der Waals surface area contributed by atoms with Crippen molar-refractivity contribution >= 4 is 5.91 Å². The zero-order valence-electron chi connectivity index (χ0n) is 8.71. The summed E-state index contributed by atoms with van der Waals surface area (Å²) in [5.41, 5.74) is 5.04. The second-order valence-electron chi connectivity index (χ2n) is 3.70. The third-order valence-electron chi connectivity index (χ3n) is 2.31. The third-order valence-corrected chi connectivity index (χ3v) is 2.31. The van der Waals surface area contributed by atoms with E-state index in [1.165, 1.54) is 12.1 Å². The van der Waals surface area contributed by atoms with Crippen molar-refractivity contribution in [2.45, 2.75) is 19.5 Å². The molecule has 1 amide bonds. The Morgan fingerprint density at radius 3 is 2.19 bits per heavy atom. The maximum atomic E-state index is 12.2. The van der Waals surface area contributed by atoms with Crippen molar-refractivity contribution in [1.29, 1.82) is 0 Å². The Morgan fingerprint density at radius 2 is 1.81 bits per heavy atom. The van der Waals surface area contributed by atoms with E-state index in [2.05, 4.69) is 0 Å². The molecule has 0 spiro atoms. The van der Waals surface area contributed by atoms with Crippen LogP contribution in [0, 0.1) is 5.92 Å². The summed E-state index contributed by atoms with van der Waals surface area (Å²) in [5.74, 6) is -0.836. The average molecular weight is 231 g/mol. The summed E-state index contributed by atoms with van der Waals surface area (Å²) in [5, 5.41) is 0. The van der Waals surface area contributed by atoms with E-state index in [4.69, 9.17) is 5.73 Å². The molecule has 0 heterocycles. The second-order valence-corrected chi connectivity index (χ2v) is 3.70. The monoisotopic (exact) mass is 231 g/mol. The smallest absolute Gasteiger partial charge is 0.369 e. The third kappa shape index (κ3) is 3.25. The minimum absolute atomic E-state index is 0.355. The van der Waals surface area contributed by atoms with E-state index in [1.807, 2.05) is 0 Å². The van der Waals surface area contributed by atoms with Gasteiger partial charge in [0.05, 0.1) is 5.56 Å². The van der Waals surface area contributed by atoms with Gasteiger partial charge in [0.1, 0.15) is 0 Å². The van der Waals surface area contributed by atoms with Gasteiger partial charge in [0.25, 0.3) is 0 Å². The summed E-state index contributed by atoms with van der Waals surface area (Å²) in [7, 11) is 0. The van der Waals surface area contributed by atoms with Gasteiger partial charge in [-0.25, -0.2) is 0 Å². The quantitative estimate of drug-likeness (QED) is 0.852. The molecule has 0 aliphatic rings. The van der Waals surface area contributed by atoms with Gasteiger partial charge in [-0.3, -0.25) is 4.79 Å². The van der Waals surface area contributed by atoms with E-state index in [-0.39, 0.29) is 5.92 Å². The molecule has 1 aromatic carbocycles. The van der Waals surface area contributed by atoms with Gasteiger partial charge >= 0.3 is 6.18 Å². The number of primary amides is 1. The molecule has 5 heteroatoms. The lowest BCUT2D eigenvalue weighted by atomic mass is 10.00. The molecule has 0 aliphatic carbocycles. The molecule has 1 unspecified atom stereocenters. The maximum absolute atomic E-state index is 12.2. The van der Waals surface area contributed by atoms with Crippen LogP contribution in [-0.4, -0.2) is 5.91 Å². The summed E-state index contributed by atoms with van der Waals surface area (Å²) in [6.45, 7) is 1.64. The Balaban J connectivity index is 2.76. The Morgan fingerprint density at radius 1 is 1.31 bits per heavy atom. The SMILES string of the molecule is CC(Cc1ccc(C(F)(F)F)cc1)C(N)=O. The molecule has 2 nitrogen and oxygen atoms in total. The van der Waals surface area contributed by atoms with E-state index in [0.717, 1.165) is 12.1 Å². The van der Waals surface area contributed by atoms with Gasteiger partial charge in [0.2, 0.25) is 5.91 Å². The zero-order chi connectivity index (χ0) is 12.3. The molecule has 0 saturated carbocycles. The van der Waals surface area contributed by atoms with Gasteiger partial charge < -0.3 is 5.73 Å². The van der Waals surface area contributed by atoms with Crippen LogP contribution in [0.2, 0.25) is 0 Å². The molecule has 88 valence electrons. The summed E-state index contributed by atoms with van der Waals surface area (Å²) in [6.07, 6.45) is -3.97. The molecule has 1 rings (SSSR count). The Hall–Kier alpha value is -1.52. The highest BCUT2D eigenvalue weighted by molar-refractivity contribution is 5.76. The van der Waals surface area contributed by atoms with Crippen LogP contribution >= 0.6 is 0 Å². The normalized spacial score (nSPS) is 13.5. The van der Waals surface area contributed by atoms with Crippen LogP contribution in [0.5, 0.6) is 0 Å². The number of alkyl halides is 3. The number of carbonyl (C=O) groups excluding carboxylic acids is 1. The Bertz CT molecular complexity index is 370. The van der Waals surface area contributed by atoms with Crippen molar-refractivity contribution in [3.63, 3.8) is 0 Å². The Kier molecular flexibility index (Phi) is 3.57. The number of halogens is 3. The predicted molar refractivity (Wildman–Crippen MR) is 53.5 cm³/mol. The van der Waals surface area contributed by atoms with Crippen molar-refractivity contribution in [3.05, 3.63) is 35.4 Å². The number of rotatable bonds is 3. The van der Waals surface area contributed by atoms with Crippen LogP contribution in [0.1, 0.15) is 18.1 Å². The van der Waals surface area contributed by atoms with Gasteiger partial charge in [0.15, 0.2) is 0 Å². The maximum Gasteiger partial charge on any atom is 0.416 e. The second kappa shape index (κ2) is 4.55. The first-order chi connectivity index (χ1) is 7.30. The van der Waals surface area contributed by atoms with Gasteiger partial charge in [-0.1, -0.05) is 19.1 Å². The van der Waals surface area contributed by atoms with Crippen molar-refractivity contribution in [3.8, 4) is 0 Å². The molecule has 0 aromatic heterocycles. The average Bonchev–Trinajstić information content (AvgIpc) is 2.17. The zero-order valence-corrected chi connectivity index (χ0v) is 8.71. The lowest BCUT2D eigenvalue weighted by molar-refractivity contribution is -0.137. The highest BCUT2D eigenvalue weighted by atomic mass is 19.4. The van der Waals surface area contributed by atoms with Crippen molar-refractivity contribution in [2.75, 3.05) is 0 Å². The number of amides is 1. The molecule has 0 fully saturated rings. The van der Waals surface area contributed by atoms with E-state index in [0.29, 0.717) is 12.0 Å². The summed E-state index contributed by atoms with van der Waals surface area (Å²) in [4.78, 5) is 10.8. The van der Waals surface area contributed by atoms with Crippen molar-refractivity contribution in [2.24, 2.45) is 11.7 Å². The minimum Gasteiger partial charge on any atom is -0.369 e. The van der Waals surface area contributed by atoms with E-state index in [1.54, 1.807) is 6.92 Å². The van der Waals surface area contributed by atoms with E-state index >= 15 is 0 Å². The first-order valence-corrected chi connectivity index (χ1v) is 4.76. The lowest BCUT2D eigenvalue weighted by Crippen LogP contribution is -2.22. The molecular weight excluding hydrogens is 219 g/mol. The minimum atomic E-state index is -4.33. The number of hydrogen-bond donors (Lipinski definition) is 1. The number of nitrogens with two attached hydrogens (primary N) is 1. The van der Waals surface area contributed by atoms with E-state index in [9.17, 15) is 18.0 Å². The number of benzene rings is 1. The highest BCUT2D eigenvalue weighted by Gasteiger charge is 2.29. The first-order valence-electron chi connectivity index (χ1n) is 4.76. The fourth-order valence-electron chi connectivity index (χ4n) is 1.28. The first kappa shape index (κ1) is 12.5. The number of carbonyl (C=O) groups is 1. The summed E-state index contributed by atoms with van der Waals surface area (Å²) < 4.78 is 36.7. The van der Waals surface area contributed by atoms with Crippen LogP contribution in [0.25, 0.3) is 0 Å². The van der Waals surface area contributed by atoms with Gasteiger partial charge in [-0.05, 0) is 24.1 Å². The molecule has 16 heavy (non-hydrogen) atoms. The van der Waals surface area contributed by atoms with Crippen LogP contribution in [0.4, 0.5) is 13.2 Å². The van der Waals surface area contributed by atoms with Gasteiger partial charge in [-0.15, -0.1) is 0 Å². The van der Waals surface area contributed by atoms with Crippen LogP contribution in [0.3, 0.4) is 0 Å². The largest absolute Gasteiger partial charge is 0.416 e. The molecule has 1 atom stereocenters. The molecule has 0 saturated heterocycles. The molecule has 1 aromatic rings. The van der Waals surface area contributed by atoms with Crippen LogP contribution < -0.4 is 5.73 Å². The molecule has 0 bridgehead atoms. The van der Waals surface area contributed by atoms with E-state index < -0.39 is 17.6 Å². The summed E-state index contributed by atoms with van der Waals surface area (Å²) >= 11 is 0. The lowest BCUT2D eigenvalue weighted by Gasteiger charge is -2.09. The fraction of sp³-hybridized carbons (Fsp3) is 0.364. The van der Waals surface area contributed by atoms with Crippen LogP contribution in [0.15, 0.2) is 24.3 Å². The molecule has 0 aliphatic heterocycles. The van der Waals surface area contributed by atoms with Crippen molar-refractivity contribution < 1.29 is 18.0 Å². The predicted octanol–water partition coefficient (Wildman–Crippen LogP) is 2.37. The number of hydrogen-bond acceptors (Lipinski definition) is 1. The molecule has 0 radical (unpaired) electrons.